The van der Waals surface area contributed by atoms with Crippen molar-refractivity contribution < 1.29 is 9.53 Å². The first-order chi connectivity index (χ1) is 7.20. The smallest absolute Gasteiger partial charge is 0.404 e. The summed E-state index contributed by atoms with van der Waals surface area (Å²) in [4.78, 5) is 10.7. The van der Waals surface area contributed by atoms with Gasteiger partial charge in [-0.1, -0.05) is 39.5 Å². The number of hydrogen-bond acceptors (Lipinski definition) is 2. The average molecular weight is 215 g/mol. The van der Waals surface area contributed by atoms with Crippen LogP contribution in [0.2, 0.25) is 0 Å². The number of nitrogens with two attached hydrogens (primary N) is 1. The van der Waals surface area contributed by atoms with Gasteiger partial charge in [0.1, 0.15) is 6.10 Å². The Kier molecular flexibility index (Phi) is 9.33. The number of unbranched alkanes of at least 4 members (excludes halogenated alkanes) is 4. The maximum Gasteiger partial charge on any atom is 0.404 e. The zero-order chi connectivity index (χ0) is 11.5. The summed E-state index contributed by atoms with van der Waals surface area (Å²) in [6.45, 7) is 4.34. The lowest BCUT2D eigenvalue weighted by atomic mass is 10.0. The summed E-state index contributed by atoms with van der Waals surface area (Å²) in [5.41, 5.74) is 5.04. The van der Waals surface area contributed by atoms with Crippen LogP contribution in [0.15, 0.2) is 0 Å². The van der Waals surface area contributed by atoms with Gasteiger partial charge in [0.25, 0.3) is 0 Å². The number of carbonyl (C=O) groups excluding carboxylic acids is 1. The largest absolute Gasteiger partial charge is 0.446 e. The molecule has 0 aromatic rings. The van der Waals surface area contributed by atoms with Crippen molar-refractivity contribution in [3.63, 3.8) is 0 Å². The van der Waals surface area contributed by atoms with Gasteiger partial charge in [-0.25, -0.2) is 4.79 Å². The number of amides is 1. The molecule has 0 unspecified atom stereocenters. The normalized spacial score (nSPS) is 10.6. The Hall–Kier alpha value is -0.730. The molecule has 3 nitrogen and oxygen atoms in total. The molecule has 15 heavy (non-hydrogen) atoms. The van der Waals surface area contributed by atoms with E-state index in [4.69, 9.17) is 10.5 Å². The lowest BCUT2D eigenvalue weighted by molar-refractivity contribution is 0.0924. The van der Waals surface area contributed by atoms with Crippen LogP contribution in [0.3, 0.4) is 0 Å². The molecule has 0 radical (unpaired) electrons. The highest BCUT2D eigenvalue weighted by Gasteiger charge is 2.11. The molecule has 0 atom stereocenters. The molecule has 0 aliphatic carbocycles. The third kappa shape index (κ3) is 9.57. The molecule has 90 valence electrons. The quantitative estimate of drug-likeness (QED) is 0.597. The van der Waals surface area contributed by atoms with Gasteiger partial charge >= 0.3 is 6.09 Å². The third-order valence-electron chi connectivity index (χ3n) is 2.54. The van der Waals surface area contributed by atoms with Crippen molar-refractivity contribution in [3.8, 4) is 0 Å². The molecule has 0 bridgehead atoms. The lowest BCUT2D eigenvalue weighted by Crippen LogP contribution is -2.22. The molecule has 2 N–H and O–H groups in total. The second-order valence-corrected chi connectivity index (χ2v) is 4.05. The van der Waals surface area contributed by atoms with E-state index in [1.807, 2.05) is 0 Å². The average Bonchev–Trinajstić information content (AvgIpc) is 2.17. The Balaban J connectivity index is 3.68. The van der Waals surface area contributed by atoms with Crippen LogP contribution in [0, 0.1) is 0 Å². The molecule has 0 fully saturated rings. The van der Waals surface area contributed by atoms with E-state index in [1.54, 1.807) is 0 Å². The maximum absolute atomic E-state index is 10.7. The fourth-order valence-electron chi connectivity index (χ4n) is 1.67. The van der Waals surface area contributed by atoms with E-state index < -0.39 is 6.09 Å². The van der Waals surface area contributed by atoms with Crippen molar-refractivity contribution in [2.24, 2.45) is 5.73 Å². The van der Waals surface area contributed by atoms with Crippen LogP contribution in [-0.4, -0.2) is 12.2 Å². The van der Waals surface area contributed by atoms with Gasteiger partial charge < -0.3 is 10.5 Å². The van der Waals surface area contributed by atoms with Crippen molar-refractivity contribution in [1.82, 2.24) is 0 Å². The highest BCUT2D eigenvalue weighted by molar-refractivity contribution is 5.64. The molecule has 0 heterocycles. The monoisotopic (exact) mass is 215 g/mol. The van der Waals surface area contributed by atoms with Crippen molar-refractivity contribution in [2.75, 3.05) is 0 Å². The second-order valence-electron chi connectivity index (χ2n) is 4.05. The first kappa shape index (κ1) is 14.3. The molecule has 0 spiro atoms. The number of rotatable bonds is 9. The Bertz CT molecular complexity index is 150. The predicted molar refractivity (Wildman–Crippen MR) is 62.7 cm³/mol. The highest BCUT2D eigenvalue weighted by Crippen LogP contribution is 2.14. The fraction of sp³-hybridized carbons (Fsp3) is 0.917. The highest BCUT2D eigenvalue weighted by atomic mass is 16.6. The molecule has 0 aliphatic rings. The summed E-state index contributed by atoms with van der Waals surface area (Å²) in [7, 11) is 0. The van der Waals surface area contributed by atoms with E-state index in [2.05, 4.69) is 13.8 Å². The first-order valence-corrected chi connectivity index (χ1v) is 6.16. The molecule has 0 aliphatic heterocycles. The third-order valence-corrected chi connectivity index (χ3v) is 2.54. The van der Waals surface area contributed by atoms with Crippen LogP contribution in [-0.2, 0) is 4.74 Å². The van der Waals surface area contributed by atoms with Gasteiger partial charge in [-0.05, 0) is 25.7 Å². The summed E-state index contributed by atoms with van der Waals surface area (Å²) in [5, 5.41) is 0. The molecule has 1 amide bonds. The molecule has 0 aromatic carbocycles. The molecular formula is C12H25NO2. The van der Waals surface area contributed by atoms with Gasteiger partial charge in [-0.3, -0.25) is 0 Å². The molecule has 0 aromatic heterocycles. The van der Waals surface area contributed by atoms with E-state index in [0.29, 0.717) is 0 Å². The van der Waals surface area contributed by atoms with Crippen LogP contribution in [0.4, 0.5) is 4.79 Å². The van der Waals surface area contributed by atoms with E-state index in [-0.39, 0.29) is 6.10 Å². The van der Waals surface area contributed by atoms with E-state index in [0.717, 1.165) is 25.7 Å². The Labute approximate surface area is 93.4 Å². The standard InChI is InChI=1S/C12H25NO2/c1-3-5-7-9-11(15-12(13)14)10-8-6-4-2/h11H,3-10H2,1-2H3,(H2,13,14). The number of carbonyl (C=O) groups is 1. The van der Waals surface area contributed by atoms with Gasteiger partial charge in [0.2, 0.25) is 0 Å². The van der Waals surface area contributed by atoms with Gasteiger partial charge in [0.15, 0.2) is 0 Å². The second kappa shape index (κ2) is 9.81. The first-order valence-electron chi connectivity index (χ1n) is 6.16. The Morgan fingerprint density at radius 1 is 1.07 bits per heavy atom. The molecule has 3 heteroatoms. The van der Waals surface area contributed by atoms with Crippen molar-refractivity contribution >= 4 is 6.09 Å². The van der Waals surface area contributed by atoms with Crippen molar-refractivity contribution in [3.05, 3.63) is 0 Å². The number of ether oxygens (including phenoxy) is 1. The fourth-order valence-corrected chi connectivity index (χ4v) is 1.67. The van der Waals surface area contributed by atoms with Crippen LogP contribution >= 0.6 is 0 Å². The van der Waals surface area contributed by atoms with Crippen LogP contribution in [0.25, 0.3) is 0 Å². The molecular weight excluding hydrogens is 190 g/mol. The van der Waals surface area contributed by atoms with Crippen LogP contribution < -0.4 is 5.73 Å². The zero-order valence-corrected chi connectivity index (χ0v) is 10.1. The summed E-state index contributed by atoms with van der Waals surface area (Å²) >= 11 is 0. The molecule has 0 saturated carbocycles. The predicted octanol–water partition coefficient (Wildman–Crippen LogP) is 3.61. The van der Waals surface area contributed by atoms with Gasteiger partial charge in [0.05, 0.1) is 0 Å². The van der Waals surface area contributed by atoms with Crippen LogP contribution in [0.5, 0.6) is 0 Å². The SMILES string of the molecule is CCCCCC(CCCCC)OC(N)=O. The minimum absolute atomic E-state index is 0.0422. The lowest BCUT2D eigenvalue weighted by Gasteiger charge is -2.16. The Morgan fingerprint density at radius 3 is 1.87 bits per heavy atom. The summed E-state index contributed by atoms with van der Waals surface area (Å²) in [6.07, 6.45) is 8.37. The summed E-state index contributed by atoms with van der Waals surface area (Å²) in [5.74, 6) is 0. The topological polar surface area (TPSA) is 52.3 Å². The van der Waals surface area contributed by atoms with E-state index in [1.165, 1.54) is 25.7 Å². The van der Waals surface area contributed by atoms with E-state index in [9.17, 15) is 4.79 Å². The van der Waals surface area contributed by atoms with Crippen LogP contribution in [0.1, 0.15) is 65.2 Å². The molecule has 0 saturated heterocycles. The summed E-state index contributed by atoms with van der Waals surface area (Å²) < 4.78 is 5.08. The Morgan fingerprint density at radius 2 is 1.53 bits per heavy atom. The molecule has 0 rings (SSSR count). The van der Waals surface area contributed by atoms with Crippen molar-refractivity contribution in [2.45, 2.75) is 71.3 Å². The maximum atomic E-state index is 10.7. The van der Waals surface area contributed by atoms with Gasteiger partial charge in [-0.2, -0.15) is 0 Å². The minimum Gasteiger partial charge on any atom is -0.446 e. The van der Waals surface area contributed by atoms with Gasteiger partial charge in [0, 0.05) is 0 Å². The zero-order valence-electron chi connectivity index (χ0n) is 10.1. The van der Waals surface area contributed by atoms with Gasteiger partial charge in [-0.15, -0.1) is 0 Å². The number of hydrogen-bond donors (Lipinski definition) is 1. The summed E-state index contributed by atoms with van der Waals surface area (Å²) in [6, 6.07) is 0. The number of primary amides is 1. The van der Waals surface area contributed by atoms with E-state index >= 15 is 0 Å². The minimum atomic E-state index is -0.631. The van der Waals surface area contributed by atoms with Crippen molar-refractivity contribution in [1.29, 1.82) is 0 Å².